The maximum atomic E-state index is 4.27. The van der Waals surface area contributed by atoms with Gasteiger partial charge in [0.1, 0.15) is 0 Å². The van der Waals surface area contributed by atoms with Crippen LogP contribution in [0.4, 0.5) is 0 Å². The van der Waals surface area contributed by atoms with Gasteiger partial charge in [0.25, 0.3) is 0 Å². The highest BCUT2D eigenvalue weighted by atomic mass is 79.9. The molecule has 0 radical (unpaired) electrons. The minimum atomic E-state index is 0.968. The number of pyridine rings is 1. The fourth-order valence-corrected chi connectivity index (χ4v) is 3.38. The van der Waals surface area contributed by atoms with Gasteiger partial charge in [0.15, 0.2) is 0 Å². The number of fused-ring (bicyclic) bond motifs is 1. The summed E-state index contributed by atoms with van der Waals surface area (Å²) in [5.41, 5.74) is 0.968. The smallest absolute Gasteiger partial charge is 0.0735 e. The lowest BCUT2D eigenvalue weighted by atomic mass is 10.2. The summed E-state index contributed by atoms with van der Waals surface area (Å²) < 4.78 is 3.12. The SMILES string of the molecule is Brc1cc(Br)c2c(Br)ccnc2c1. The van der Waals surface area contributed by atoms with Crippen molar-refractivity contribution in [3.05, 3.63) is 37.8 Å². The lowest BCUT2D eigenvalue weighted by Gasteiger charge is -2.02. The average molecular weight is 366 g/mol. The maximum Gasteiger partial charge on any atom is 0.0735 e. The topological polar surface area (TPSA) is 12.9 Å². The highest BCUT2D eigenvalue weighted by Gasteiger charge is 2.04. The van der Waals surface area contributed by atoms with Gasteiger partial charge in [-0.2, -0.15) is 0 Å². The summed E-state index contributed by atoms with van der Waals surface area (Å²) in [5.74, 6) is 0. The molecule has 0 N–H and O–H groups in total. The van der Waals surface area contributed by atoms with Crippen LogP contribution in [0.3, 0.4) is 0 Å². The Morgan fingerprint density at radius 3 is 2.54 bits per heavy atom. The fourth-order valence-electron chi connectivity index (χ4n) is 1.16. The van der Waals surface area contributed by atoms with E-state index in [4.69, 9.17) is 0 Å². The van der Waals surface area contributed by atoms with Crippen LogP contribution in [-0.4, -0.2) is 4.98 Å². The third kappa shape index (κ3) is 1.80. The Balaban J connectivity index is 2.94. The van der Waals surface area contributed by atoms with Crippen molar-refractivity contribution >= 4 is 58.7 Å². The molecule has 2 aromatic rings. The van der Waals surface area contributed by atoms with Crippen LogP contribution in [0.25, 0.3) is 10.9 Å². The molecule has 4 heteroatoms. The monoisotopic (exact) mass is 363 g/mol. The first-order chi connectivity index (χ1) is 6.18. The predicted molar refractivity (Wildman–Crippen MR) is 64.8 cm³/mol. The Morgan fingerprint density at radius 1 is 1.00 bits per heavy atom. The molecule has 0 aliphatic rings. The quantitative estimate of drug-likeness (QED) is 0.668. The van der Waals surface area contributed by atoms with Crippen molar-refractivity contribution in [2.24, 2.45) is 0 Å². The van der Waals surface area contributed by atoms with E-state index in [1.54, 1.807) is 6.20 Å². The van der Waals surface area contributed by atoms with Gasteiger partial charge in [-0.3, -0.25) is 4.98 Å². The van der Waals surface area contributed by atoms with E-state index in [1.807, 2.05) is 18.2 Å². The van der Waals surface area contributed by atoms with Crippen LogP contribution in [0.5, 0.6) is 0 Å². The minimum absolute atomic E-state index is 0.968. The summed E-state index contributed by atoms with van der Waals surface area (Å²) >= 11 is 10.4. The van der Waals surface area contributed by atoms with E-state index in [9.17, 15) is 0 Å². The summed E-state index contributed by atoms with van der Waals surface area (Å²) in [6, 6.07) is 5.93. The van der Waals surface area contributed by atoms with Gasteiger partial charge < -0.3 is 0 Å². The molecule has 1 heterocycles. The minimum Gasteiger partial charge on any atom is -0.256 e. The number of benzene rings is 1. The van der Waals surface area contributed by atoms with E-state index in [0.717, 1.165) is 24.3 Å². The van der Waals surface area contributed by atoms with Crippen molar-refractivity contribution in [1.29, 1.82) is 0 Å². The molecule has 0 spiro atoms. The summed E-state index contributed by atoms with van der Waals surface area (Å²) in [4.78, 5) is 4.27. The number of hydrogen-bond donors (Lipinski definition) is 0. The molecular weight excluding hydrogens is 362 g/mol. The molecule has 0 atom stereocenters. The van der Waals surface area contributed by atoms with Gasteiger partial charge in [-0.15, -0.1) is 0 Å². The molecular formula is C9H4Br3N. The molecule has 0 aliphatic heterocycles. The van der Waals surface area contributed by atoms with Crippen molar-refractivity contribution in [2.45, 2.75) is 0 Å². The molecule has 1 aromatic heterocycles. The number of nitrogens with zero attached hydrogens (tertiary/aromatic N) is 1. The van der Waals surface area contributed by atoms with E-state index in [2.05, 4.69) is 52.8 Å². The molecule has 1 nitrogen and oxygen atoms in total. The van der Waals surface area contributed by atoms with Gasteiger partial charge in [0, 0.05) is 25.0 Å². The third-order valence-electron chi connectivity index (χ3n) is 1.71. The molecule has 0 unspecified atom stereocenters. The summed E-state index contributed by atoms with van der Waals surface area (Å²) in [7, 11) is 0. The lowest BCUT2D eigenvalue weighted by molar-refractivity contribution is 1.39. The van der Waals surface area contributed by atoms with E-state index in [0.29, 0.717) is 0 Å². The van der Waals surface area contributed by atoms with Crippen molar-refractivity contribution < 1.29 is 0 Å². The second kappa shape index (κ2) is 3.67. The number of halogens is 3. The zero-order chi connectivity index (χ0) is 9.42. The van der Waals surface area contributed by atoms with Crippen LogP contribution in [0, 0.1) is 0 Å². The van der Waals surface area contributed by atoms with Crippen molar-refractivity contribution in [1.82, 2.24) is 4.98 Å². The van der Waals surface area contributed by atoms with Crippen molar-refractivity contribution in [3.63, 3.8) is 0 Å². The number of aromatic nitrogens is 1. The molecule has 0 saturated carbocycles. The molecule has 1 aromatic carbocycles. The van der Waals surface area contributed by atoms with Gasteiger partial charge in [0.2, 0.25) is 0 Å². The second-order valence-electron chi connectivity index (χ2n) is 2.57. The summed E-state index contributed by atoms with van der Waals surface area (Å²) in [5, 5.41) is 1.10. The van der Waals surface area contributed by atoms with E-state index in [-0.39, 0.29) is 0 Å². The van der Waals surface area contributed by atoms with Gasteiger partial charge in [-0.05, 0) is 18.2 Å². The van der Waals surface area contributed by atoms with E-state index in [1.165, 1.54) is 0 Å². The van der Waals surface area contributed by atoms with Gasteiger partial charge in [-0.1, -0.05) is 47.8 Å². The van der Waals surface area contributed by atoms with Gasteiger partial charge in [0.05, 0.1) is 5.52 Å². The normalized spacial score (nSPS) is 10.7. The molecule has 0 fully saturated rings. The third-order valence-corrected chi connectivity index (χ3v) is 3.45. The Hall–Kier alpha value is 0.0700. The zero-order valence-electron chi connectivity index (χ0n) is 6.39. The fraction of sp³-hybridized carbons (Fsp3) is 0. The Labute approximate surface area is 101 Å². The maximum absolute atomic E-state index is 4.27. The molecule has 13 heavy (non-hydrogen) atoms. The first kappa shape index (κ1) is 9.62. The van der Waals surface area contributed by atoms with E-state index < -0.39 is 0 Å². The van der Waals surface area contributed by atoms with Crippen LogP contribution >= 0.6 is 47.8 Å². The summed E-state index contributed by atoms with van der Waals surface area (Å²) in [6.07, 6.45) is 1.78. The van der Waals surface area contributed by atoms with Gasteiger partial charge >= 0.3 is 0 Å². The van der Waals surface area contributed by atoms with Crippen molar-refractivity contribution in [3.8, 4) is 0 Å². The largest absolute Gasteiger partial charge is 0.256 e. The first-order valence-corrected chi connectivity index (χ1v) is 5.95. The molecule has 0 bridgehead atoms. The first-order valence-electron chi connectivity index (χ1n) is 3.58. The summed E-state index contributed by atoms with van der Waals surface area (Å²) in [6.45, 7) is 0. The molecule has 66 valence electrons. The zero-order valence-corrected chi connectivity index (χ0v) is 11.1. The second-order valence-corrected chi connectivity index (χ2v) is 5.20. The highest BCUT2D eigenvalue weighted by molar-refractivity contribution is 9.11. The Morgan fingerprint density at radius 2 is 1.77 bits per heavy atom. The molecule has 0 saturated heterocycles. The lowest BCUT2D eigenvalue weighted by Crippen LogP contribution is -1.81. The highest BCUT2D eigenvalue weighted by Crippen LogP contribution is 2.32. The van der Waals surface area contributed by atoms with Crippen molar-refractivity contribution in [2.75, 3.05) is 0 Å². The van der Waals surface area contributed by atoms with Crippen LogP contribution < -0.4 is 0 Å². The van der Waals surface area contributed by atoms with Gasteiger partial charge in [-0.25, -0.2) is 0 Å². The number of rotatable bonds is 0. The van der Waals surface area contributed by atoms with Crippen LogP contribution in [0.15, 0.2) is 37.8 Å². The van der Waals surface area contributed by atoms with Crippen LogP contribution in [-0.2, 0) is 0 Å². The Bertz CT molecular complexity index is 468. The average Bonchev–Trinajstić information content (AvgIpc) is 2.02. The molecule has 0 amide bonds. The van der Waals surface area contributed by atoms with Crippen LogP contribution in [0.2, 0.25) is 0 Å². The number of hydrogen-bond acceptors (Lipinski definition) is 1. The standard InChI is InChI=1S/C9H4Br3N/c10-5-3-7(12)9-6(11)1-2-13-8(9)4-5/h1-4H. The molecule has 0 aliphatic carbocycles. The predicted octanol–water partition coefficient (Wildman–Crippen LogP) is 4.52. The van der Waals surface area contributed by atoms with E-state index >= 15 is 0 Å². The van der Waals surface area contributed by atoms with Crippen LogP contribution in [0.1, 0.15) is 0 Å². The Kier molecular flexibility index (Phi) is 2.72. The molecule has 2 rings (SSSR count).